The molecule has 1 aromatic heterocycles. The monoisotopic (exact) mass is 387 g/mol. The zero-order valence-electron chi connectivity index (χ0n) is 15.2. The molecule has 0 spiro atoms. The Hall–Kier alpha value is -1.98. The highest BCUT2D eigenvalue weighted by molar-refractivity contribution is 7.98. The highest BCUT2D eigenvalue weighted by Crippen LogP contribution is 2.25. The van der Waals surface area contributed by atoms with Gasteiger partial charge in [0, 0.05) is 17.3 Å². The third-order valence-electron chi connectivity index (χ3n) is 4.23. The second-order valence-electron chi connectivity index (χ2n) is 6.06. The van der Waals surface area contributed by atoms with E-state index in [2.05, 4.69) is 52.9 Å². The number of hydrogen-bond donors (Lipinski definition) is 0. The Kier molecular flexibility index (Phi) is 6.22. The van der Waals surface area contributed by atoms with Crippen LogP contribution >= 0.6 is 23.4 Å². The van der Waals surface area contributed by atoms with E-state index in [-0.39, 0.29) is 0 Å². The summed E-state index contributed by atoms with van der Waals surface area (Å²) in [4.78, 5) is 0. The number of ether oxygens (including phenoxy) is 1. The van der Waals surface area contributed by atoms with Crippen LogP contribution in [0.5, 0.6) is 5.75 Å². The van der Waals surface area contributed by atoms with Gasteiger partial charge in [-0.2, -0.15) is 0 Å². The molecule has 0 bridgehead atoms. The molecule has 0 N–H and O–H groups in total. The predicted octanol–water partition coefficient (Wildman–Crippen LogP) is 5.44. The minimum absolute atomic E-state index is 0.382. The Morgan fingerprint density at radius 2 is 1.88 bits per heavy atom. The maximum absolute atomic E-state index is 6.06. The summed E-state index contributed by atoms with van der Waals surface area (Å²) in [5.74, 6) is 2.49. The molecule has 0 radical (unpaired) electrons. The van der Waals surface area contributed by atoms with Crippen LogP contribution in [0.2, 0.25) is 5.02 Å². The Morgan fingerprint density at radius 3 is 2.62 bits per heavy atom. The maximum Gasteiger partial charge on any atom is 0.191 e. The fourth-order valence-electron chi connectivity index (χ4n) is 2.62. The van der Waals surface area contributed by atoms with Crippen LogP contribution in [0, 0.1) is 13.8 Å². The van der Waals surface area contributed by atoms with Crippen LogP contribution in [0.15, 0.2) is 47.6 Å². The van der Waals surface area contributed by atoms with Crippen LogP contribution in [-0.4, -0.2) is 14.8 Å². The first-order valence-electron chi connectivity index (χ1n) is 8.56. The highest BCUT2D eigenvalue weighted by Gasteiger charge is 2.13. The summed E-state index contributed by atoms with van der Waals surface area (Å²) in [6, 6.07) is 14.1. The van der Waals surface area contributed by atoms with Crippen molar-refractivity contribution in [3.8, 4) is 5.75 Å². The van der Waals surface area contributed by atoms with Gasteiger partial charge in [0.1, 0.15) is 12.4 Å². The van der Waals surface area contributed by atoms with Gasteiger partial charge in [-0.25, -0.2) is 0 Å². The SMILES string of the molecule is CCn1c(COc2ccc(Cl)c(C)c2)nnc1SCc1ccccc1C. The summed E-state index contributed by atoms with van der Waals surface area (Å²) in [6.45, 7) is 7.38. The number of rotatable bonds is 7. The van der Waals surface area contributed by atoms with Gasteiger partial charge in [-0.05, 0) is 55.7 Å². The quantitative estimate of drug-likeness (QED) is 0.506. The summed E-state index contributed by atoms with van der Waals surface area (Å²) in [7, 11) is 0. The van der Waals surface area contributed by atoms with Gasteiger partial charge < -0.3 is 9.30 Å². The van der Waals surface area contributed by atoms with E-state index >= 15 is 0 Å². The summed E-state index contributed by atoms with van der Waals surface area (Å²) in [5, 5.41) is 10.3. The molecular formula is C20H22ClN3OS. The summed E-state index contributed by atoms with van der Waals surface area (Å²) < 4.78 is 7.98. The smallest absolute Gasteiger partial charge is 0.191 e. The third kappa shape index (κ3) is 4.40. The second kappa shape index (κ2) is 8.60. The zero-order chi connectivity index (χ0) is 18.5. The van der Waals surface area contributed by atoms with Gasteiger partial charge in [0.15, 0.2) is 11.0 Å². The highest BCUT2D eigenvalue weighted by atomic mass is 35.5. The standard InChI is InChI=1S/C20H22ClN3OS/c1-4-24-19(12-25-17-9-10-18(21)15(3)11-17)22-23-20(24)26-13-16-8-6-5-7-14(16)2/h5-11H,4,12-13H2,1-3H3. The molecule has 6 heteroatoms. The van der Waals surface area contributed by atoms with Crippen LogP contribution in [0.3, 0.4) is 0 Å². The number of nitrogens with zero attached hydrogens (tertiary/aromatic N) is 3. The van der Waals surface area contributed by atoms with Crippen LogP contribution in [-0.2, 0) is 18.9 Å². The van der Waals surface area contributed by atoms with E-state index in [1.54, 1.807) is 11.8 Å². The minimum Gasteiger partial charge on any atom is -0.486 e. The van der Waals surface area contributed by atoms with Crippen molar-refractivity contribution in [2.45, 2.75) is 44.8 Å². The normalized spacial score (nSPS) is 10.9. The molecule has 0 saturated heterocycles. The van der Waals surface area contributed by atoms with Gasteiger partial charge in [0.05, 0.1) is 0 Å². The minimum atomic E-state index is 0.382. The van der Waals surface area contributed by atoms with Gasteiger partial charge in [-0.3, -0.25) is 0 Å². The number of halogens is 1. The average Bonchev–Trinajstić information content (AvgIpc) is 3.04. The van der Waals surface area contributed by atoms with E-state index in [4.69, 9.17) is 16.3 Å². The van der Waals surface area contributed by atoms with E-state index in [0.29, 0.717) is 6.61 Å². The van der Waals surface area contributed by atoms with Crippen molar-refractivity contribution in [3.63, 3.8) is 0 Å². The molecule has 0 fully saturated rings. The fourth-order valence-corrected chi connectivity index (χ4v) is 3.83. The first-order chi connectivity index (χ1) is 12.6. The maximum atomic E-state index is 6.06. The first-order valence-corrected chi connectivity index (χ1v) is 9.93. The first kappa shape index (κ1) is 18.8. The largest absolute Gasteiger partial charge is 0.486 e. The number of benzene rings is 2. The number of hydrogen-bond acceptors (Lipinski definition) is 4. The van der Waals surface area contributed by atoms with E-state index in [1.165, 1.54) is 11.1 Å². The van der Waals surface area contributed by atoms with Crippen molar-refractivity contribution in [1.29, 1.82) is 0 Å². The molecular weight excluding hydrogens is 366 g/mol. The van der Waals surface area contributed by atoms with Crippen molar-refractivity contribution in [2.24, 2.45) is 0 Å². The Balaban J connectivity index is 1.67. The van der Waals surface area contributed by atoms with Crippen LogP contribution < -0.4 is 4.74 Å². The summed E-state index contributed by atoms with van der Waals surface area (Å²) in [6.07, 6.45) is 0. The molecule has 0 saturated carbocycles. The van der Waals surface area contributed by atoms with Crippen molar-refractivity contribution >= 4 is 23.4 Å². The zero-order valence-corrected chi connectivity index (χ0v) is 16.8. The van der Waals surface area contributed by atoms with Gasteiger partial charge in [0.25, 0.3) is 0 Å². The Bertz CT molecular complexity index is 895. The van der Waals surface area contributed by atoms with Crippen LogP contribution in [0.1, 0.15) is 29.4 Å². The van der Waals surface area contributed by atoms with Gasteiger partial charge >= 0.3 is 0 Å². The Labute approximate surface area is 163 Å². The second-order valence-corrected chi connectivity index (χ2v) is 7.41. The van der Waals surface area contributed by atoms with Crippen LogP contribution in [0.4, 0.5) is 0 Å². The van der Waals surface area contributed by atoms with E-state index in [1.807, 2.05) is 25.1 Å². The molecule has 0 aliphatic rings. The summed E-state index contributed by atoms with van der Waals surface area (Å²) in [5.41, 5.74) is 3.61. The van der Waals surface area contributed by atoms with Crippen molar-refractivity contribution in [2.75, 3.05) is 0 Å². The molecule has 4 nitrogen and oxygen atoms in total. The number of aromatic nitrogens is 3. The molecule has 1 heterocycles. The third-order valence-corrected chi connectivity index (χ3v) is 5.66. The molecule has 0 atom stereocenters. The van der Waals surface area contributed by atoms with Gasteiger partial charge in [0.2, 0.25) is 0 Å². The molecule has 2 aromatic carbocycles. The number of thioether (sulfide) groups is 1. The van der Waals surface area contributed by atoms with Crippen molar-refractivity contribution in [3.05, 3.63) is 70.0 Å². The average molecular weight is 388 g/mol. The van der Waals surface area contributed by atoms with Crippen molar-refractivity contribution in [1.82, 2.24) is 14.8 Å². The van der Waals surface area contributed by atoms with E-state index < -0.39 is 0 Å². The molecule has 0 aliphatic heterocycles. The fraction of sp³-hybridized carbons (Fsp3) is 0.300. The van der Waals surface area contributed by atoms with Gasteiger partial charge in [-0.15, -0.1) is 10.2 Å². The molecule has 3 aromatic rings. The summed E-state index contributed by atoms with van der Waals surface area (Å²) >= 11 is 7.76. The Morgan fingerprint density at radius 1 is 1.08 bits per heavy atom. The van der Waals surface area contributed by atoms with E-state index in [0.717, 1.165) is 39.6 Å². The molecule has 136 valence electrons. The lowest BCUT2D eigenvalue weighted by molar-refractivity contribution is 0.288. The van der Waals surface area contributed by atoms with Crippen molar-refractivity contribution < 1.29 is 4.74 Å². The lowest BCUT2D eigenvalue weighted by atomic mass is 10.1. The van der Waals surface area contributed by atoms with Gasteiger partial charge in [-0.1, -0.05) is 47.6 Å². The molecule has 3 rings (SSSR count). The predicted molar refractivity (Wildman–Crippen MR) is 107 cm³/mol. The number of aryl methyl sites for hydroxylation is 2. The molecule has 0 amide bonds. The topological polar surface area (TPSA) is 39.9 Å². The lowest BCUT2D eigenvalue weighted by Gasteiger charge is -2.10. The van der Waals surface area contributed by atoms with E-state index in [9.17, 15) is 0 Å². The molecule has 0 aliphatic carbocycles. The van der Waals surface area contributed by atoms with Crippen LogP contribution in [0.25, 0.3) is 0 Å². The lowest BCUT2D eigenvalue weighted by Crippen LogP contribution is -2.07. The molecule has 0 unspecified atom stereocenters. The molecule has 26 heavy (non-hydrogen) atoms.